The minimum atomic E-state index is -0.594. The van der Waals surface area contributed by atoms with Crippen LogP contribution in [0.5, 0.6) is 0 Å². The van der Waals surface area contributed by atoms with Gasteiger partial charge in [0.1, 0.15) is 0 Å². The first-order valence-corrected chi connectivity index (χ1v) is 18.6. The van der Waals surface area contributed by atoms with Crippen LogP contribution in [0.25, 0.3) is 43.1 Å². The molecule has 0 radical (unpaired) electrons. The summed E-state index contributed by atoms with van der Waals surface area (Å²) in [6.45, 7) is 22.5. The number of ether oxygens (including phenoxy) is 1. The minimum Gasteiger partial charge on any atom is -0.386 e. The number of fused-ring (bicyclic) bond motifs is 2. The number of carbonyl (C=O) groups excluding carboxylic acids is 2. The molecule has 0 aromatic heterocycles. The van der Waals surface area contributed by atoms with Gasteiger partial charge >= 0.3 is 11.9 Å². The summed E-state index contributed by atoms with van der Waals surface area (Å²) in [5, 5.41) is 8.07. The highest BCUT2D eigenvalue weighted by Gasteiger charge is 2.31. The molecule has 53 heavy (non-hydrogen) atoms. The van der Waals surface area contributed by atoms with Crippen LogP contribution in [0, 0.1) is 5.41 Å². The van der Waals surface area contributed by atoms with E-state index >= 15 is 0 Å². The second kappa shape index (κ2) is 12.0. The highest BCUT2D eigenvalue weighted by molar-refractivity contribution is 6.38. The van der Waals surface area contributed by atoms with Crippen LogP contribution < -0.4 is 4.90 Å². The lowest BCUT2D eigenvalue weighted by molar-refractivity contribution is 0.0391. The molecule has 0 saturated carbocycles. The topological polar surface area (TPSA) is 46.6 Å². The SMILES string of the molecule is C=C(C)CC(C)(C)c1ccc(N(c2ccc(C(C)(C)CC(C)(C)C)cc2)c2ccc3c4ccc5c6c(ccc(c7cccc2c73)c64)C(=O)OC5=O)cc1. The van der Waals surface area contributed by atoms with E-state index in [9.17, 15) is 9.59 Å². The Morgan fingerprint density at radius 1 is 0.566 bits per heavy atom. The number of nitrogens with zero attached hydrogens (tertiary/aromatic N) is 1. The van der Waals surface area contributed by atoms with Gasteiger partial charge in [0.05, 0.1) is 16.8 Å². The average Bonchev–Trinajstić information content (AvgIpc) is 3.09. The molecule has 0 spiro atoms. The molecule has 266 valence electrons. The lowest BCUT2D eigenvalue weighted by atomic mass is 9.72. The molecule has 0 aliphatic carbocycles. The molecule has 0 bridgehead atoms. The summed E-state index contributed by atoms with van der Waals surface area (Å²) in [4.78, 5) is 28.1. The first kappa shape index (κ1) is 34.6. The van der Waals surface area contributed by atoms with Crippen LogP contribution in [-0.2, 0) is 15.6 Å². The molecular formula is C49H47NO3. The lowest BCUT2D eigenvalue weighted by Gasteiger charge is -2.34. The van der Waals surface area contributed by atoms with E-state index in [-0.39, 0.29) is 16.2 Å². The number of hydrogen-bond acceptors (Lipinski definition) is 4. The van der Waals surface area contributed by atoms with Crippen LogP contribution in [-0.4, -0.2) is 11.9 Å². The van der Waals surface area contributed by atoms with Gasteiger partial charge in [-0.15, -0.1) is 6.58 Å². The highest BCUT2D eigenvalue weighted by Crippen LogP contribution is 2.48. The summed E-state index contributed by atoms with van der Waals surface area (Å²) in [5.74, 6) is -1.19. The normalized spacial score (nSPS) is 13.7. The maximum atomic E-state index is 12.8. The zero-order chi connectivity index (χ0) is 37.6. The summed E-state index contributed by atoms with van der Waals surface area (Å²) in [6, 6.07) is 36.7. The Kier molecular flexibility index (Phi) is 7.85. The van der Waals surface area contributed by atoms with Crippen molar-refractivity contribution in [2.24, 2.45) is 5.41 Å². The van der Waals surface area contributed by atoms with Crippen molar-refractivity contribution in [1.82, 2.24) is 0 Å². The van der Waals surface area contributed by atoms with Crippen LogP contribution >= 0.6 is 0 Å². The lowest BCUT2D eigenvalue weighted by Crippen LogP contribution is -2.24. The number of benzene rings is 7. The van der Waals surface area contributed by atoms with Gasteiger partial charge < -0.3 is 9.64 Å². The number of carbonyl (C=O) groups is 2. The Morgan fingerprint density at radius 2 is 1.04 bits per heavy atom. The van der Waals surface area contributed by atoms with E-state index in [0.717, 1.165) is 67.6 Å². The van der Waals surface area contributed by atoms with E-state index in [1.165, 1.54) is 16.7 Å². The smallest absolute Gasteiger partial charge is 0.346 e. The third kappa shape index (κ3) is 5.76. The number of rotatable bonds is 8. The van der Waals surface area contributed by atoms with Crippen molar-refractivity contribution in [3.8, 4) is 0 Å². The van der Waals surface area contributed by atoms with Crippen LogP contribution in [0.4, 0.5) is 17.1 Å². The number of cyclic esters (lactones) is 2. The van der Waals surface area contributed by atoms with Crippen molar-refractivity contribution >= 4 is 72.1 Å². The molecule has 0 unspecified atom stereocenters. The van der Waals surface area contributed by atoms with E-state index in [2.05, 4.69) is 146 Å². The van der Waals surface area contributed by atoms with Gasteiger partial charge in [-0.05, 0) is 122 Å². The summed E-state index contributed by atoms with van der Waals surface area (Å²) in [5.41, 5.74) is 8.07. The highest BCUT2D eigenvalue weighted by atomic mass is 16.6. The van der Waals surface area contributed by atoms with Gasteiger partial charge in [-0.25, -0.2) is 9.59 Å². The van der Waals surface area contributed by atoms with Crippen LogP contribution in [0.3, 0.4) is 0 Å². The van der Waals surface area contributed by atoms with E-state index < -0.39 is 11.9 Å². The zero-order valence-corrected chi connectivity index (χ0v) is 32.1. The maximum absolute atomic E-state index is 12.8. The number of esters is 2. The Morgan fingerprint density at radius 3 is 1.57 bits per heavy atom. The third-order valence-corrected chi connectivity index (χ3v) is 11.2. The molecule has 0 fully saturated rings. The van der Waals surface area contributed by atoms with E-state index in [1.807, 2.05) is 12.1 Å². The average molecular weight is 698 g/mol. The first-order chi connectivity index (χ1) is 25.0. The van der Waals surface area contributed by atoms with Crippen molar-refractivity contribution < 1.29 is 14.3 Å². The second-order valence-corrected chi connectivity index (χ2v) is 17.7. The molecule has 1 aliphatic heterocycles. The fourth-order valence-electron chi connectivity index (χ4n) is 9.35. The molecule has 7 aromatic rings. The molecule has 4 heteroatoms. The van der Waals surface area contributed by atoms with Gasteiger partial charge in [-0.3, -0.25) is 0 Å². The van der Waals surface area contributed by atoms with Gasteiger partial charge in [-0.2, -0.15) is 0 Å². The van der Waals surface area contributed by atoms with Gasteiger partial charge in [0, 0.05) is 22.1 Å². The third-order valence-electron chi connectivity index (χ3n) is 11.2. The van der Waals surface area contributed by atoms with Crippen LogP contribution in [0.1, 0.15) is 100 Å². The summed E-state index contributed by atoms with van der Waals surface area (Å²) < 4.78 is 5.09. The largest absolute Gasteiger partial charge is 0.386 e. The van der Waals surface area contributed by atoms with Gasteiger partial charge in [0.15, 0.2) is 0 Å². The number of allylic oxidation sites excluding steroid dienone is 1. The van der Waals surface area contributed by atoms with E-state index in [1.54, 1.807) is 12.1 Å². The summed E-state index contributed by atoms with van der Waals surface area (Å²) in [7, 11) is 0. The predicted octanol–water partition coefficient (Wildman–Crippen LogP) is 13.5. The Balaban J connectivity index is 1.35. The van der Waals surface area contributed by atoms with Gasteiger partial charge in [0.25, 0.3) is 0 Å². The molecular weight excluding hydrogens is 651 g/mol. The molecule has 0 saturated heterocycles. The zero-order valence-electron chi connectivity index (χ0n) is 32.1. The van der Waals surface area contributed by atoms with Crippen LogP contribution in [0.15, 0.2) is 115 Å². The monoisotopic (exact) mass is 697 g/mol. The predicted molar refractivity (Wildman–Crippen MR) is 222 cm³/mol. The molecule has 7 aromatic carbocycles. The number of hydrogen-bond donors (Lipinski definition) is 0. The summed E-state index contributed by atoms with van der Waals surface area (Å²) in [6.07, 6.45) is 2.00. The fraction of sp³-hybridized carbons (Fsp3) is 0.265. The van der Waals surface area contributed by atoms with Crippen molar-refractivity contribution in [2.45, 2.75) is 79.1 Å². The molecule has 0 atom stereocenters. The Hall–Kier alpha value is -5.48. The Labute approximate surface area is 312 Å². The van der Waals surface area contributed by atoms with Gasteiger partial charge in [-0.1, -0.05) is 115 Å². The standard InChI is InChI=1S/C49H47NO3/c1-29(2)27-48(6,7)30-13-17-32(18-14-30)50(33-19-15-31(16-20-33)49(8,9)28-47(3,4)5)41-26-25-35-37-22-24-40-44-39(45(51)53-46(40)52)23-21-36(43(37)44)34-11-10-12-38(41)42(34)35/h10-26H,1,27-28H2,2-9H3. The fourth-order valence-corrected chi connectivity index (χ4v) is 9.35. The molecule has 1 heterocycles. The molecule has 4 nitrogen and oxygen atoms in total. The van der Waals surface area contributed by atoms with Crippen molar-refractivity contribution in [3.63, 3.8) is 0 Å². The van der Waals surface area contributed by atoms with Crippen molar-refractivity contribution in [3.05, 3.63) is 138 Å². The van der Waals surface area contributed by atoms with E-state index in [0.29, 0.717) is 16.5 Å². The Bertz CT molecular complexity index is 2550. The quantitative estimate of drug-likeness (QED) is 0.0521. The maximum Gasteiger partial charge on any atom is 0.346 e. The minimum absolute atomic E-state index is 0.0222. The van der Waals surface area contributed by atoms with Crippen molar-refractivity contribution in [1.29, 1.82) is 0 Å². The molecule has 8 rings (SSSR count). The first-order valence-electron chi connectivity index (χ1n) is 18.6. The van der Waals surface area contributed by atoms with Crippen molar-refractivity contribution in [2.75, 3.05) is 4.90 Å². The van der Waals surface area contributed by atoms with E-state index in [4.69, 9.17) is 4.74 Å². The summed E-state index contributed by atoms with van der Waals surface area (Å²) >= 11 is 0. The van der Waals surface area contributed by atoms with Gasteiger partial charge in [0.2, 0.25) is 0 Å². The second-order valence-electron chi connectivity index (χ2n) is 17.7. The number of anilines is 3. The molecule has 1 aliphatic rings. The molecule has 0 N–H and O–H groups in total. The van der Waals surface area contributed by atoms with Crippen LogP contribution in [0.2, 0.25) is 0 Å². The molecule has 0 amide bonds.